The third-order valence-corrected chi connectivity index (χ3v) is 2.95. The monoisotopic (exact) mass is 290 g/mol. The van der Waals surface area contributed by atoms with Gasteiger partial charge >= 0.3 is 5.97 Å². The molecule has 0 saturated carbocycles. The molecule has 1 aromatic carbocycles. The molecule has 1 aromatic heterocycles. The zero-order valence-electron chi connectivity index (χ0n) is 11.5. The topological polar surface area (TPSA) is 110 Å². The third kappa shape index (κ3) is 2.99. The summed E-state index contributed by atoms with van der Waals surface area (Å²) in [6, 6.07) is 3.68. The predicted octanol–water partition coefficient (Wildman–Crippen LogP) is 2.33. The first-order valence-corrected chi connectivity index (χ1v) is 6.23. The highest BCUT2D eigenvalue weighted by atomic mass is 16.6. The quantitative estimate of drug-likeness (QED) is 0.646. The van der Waals surface area contributed by atoms with Gasteiger partial charge in [0.25, 0.3) is 5.69 Å². The van der Waals surface area contributed by atoms with Crippen molar-refractivity contribution < 1.29 is 14.8 Å². The van der Waals surface area contributed by atoms with E-state index >= 15 is 0 Å². The zero-order chi connectivity index (χ0) is 15.6. The number of aromatic nitrogens is 2. The van der Waals surface area contributed by atoms with Crippen molar-refractivity contribution in [2.75, 3.05) is 5.32 Å². The lowest BCUT2D eigenvalue weighted by Gasteiger charge is -2.08. The lowest BCUT2D eigenvalue weighted by molar-refractivity contribution is -0.384. The van der Waals surface area contributed by atoms with Crippen LogP contribution in [0.25, 0.3) is 0 Å². The largest absolute Gasteiger partial charge is 0.478 e. The van der Waals surface area contributed by atoms with Gasteiger partial charge < -0.3 is 10.4 Å². The van der Waals surface area contributed by atoms with Gasteiger partial charge in [-0.3, -0.25) is 14.8 Å². The van der Waals surface area contributed by atoms with Gasteiger partial charge in [-0.1, -0.05) is 6.92 Å². The lowest BCUT2D eigenvalue weighted by atomic mass is 10.1. The number of aryl methyl sites for hydroxylation is 2. The minimum Gasteiger partial charge on any atom is -0.478 e. The Labute approximate surface area is 120 Å². The molecule has 8 nitrogen and oxygen atoms in total. The van der Waals surface area contributed by atoms with Gasteiger partial charge in [0.05, 0.1) is 27.6 Å². The first-order valence-electron chi connectivity index (χ1n) is 6.23. The van der Waals surface area contributed by atoms with Crippen molar-refractivity contribution in [3.63, 3.8) is 0 Å². The van der Waals surface area contributed by atoms with Crippen molar-refractivity contribution in [2.45, 2.75) is 13.3 Å². The van der Waals surface area contributed by atoms with E-state index in [1.807, 2.05) is 6.92 Å². The molecule has 0 aliphatic carbocycles. The van der Waals surface area contributed by atoms with E-state index in [9.17, 15) is 20.0 Å². The molecule has 2 aromatic rings. The Balaban J connectivity index is 2.43. The van der Waals surface area contributed by atoms with Crippen molar-refractivity contribution in [3.05, 3.63) is 45.8 Å². The molecule has 21 heavy (non-hydrogen) atoms. The first kappa shape index (κ1) is 14.5. The van der Waals surface area contributed by atoms with E-state index in [0.717, 1.165) is 11.8 Å². The summed E-state index contributed by atoms with van der Waals surface area (Å²) >= 11 is 0. The average molecular weight is 290 g/mol. The summed E-state index contributed by atoms with van der Waals surface area (Å²) in [6.45, 7) is 1.93. The molecule has 1 heterocycles. The van der Waals surface area contributed by atoms with Crippen LogP contribution < -0.4 is 5.32 Å². The van der Waals surface area contributed by atoms with Gasteiger partial charge in [-0.25, -0.2) is 4.79 Å². The number of carboxylic acids is 1. The molecular formula is C13H14N4O4. The highest BCUT2D eigenvalue weighted by Crippen LogP contribution is 2.27. The average Bonchev–Trinajstić information content (AvgIpc) is 2.78. The minimum atomic E-state index is -1.23. The Morgan fingerprint density at radius 3 is 2.76 bits per heavy atom. The van der Waals surface area contributed by atoms with Crippen LogP contribution in [0.2, 0.25) is 0 Å². The van der Waals surface area contributed by atoms with Gasteiger partial charge in [0.2, 0.25) is 0 Å². The molecule has 0 bridgehead atoms. The number of nitro groups is 1. The van der Waals surface area contributed by atoms with Gasteiger partial charge in [-0.2, -0.15) is 5.10 Å². The molecule has 8 heteroatoms. The summed E-state index contributed by atoms with van der Waals surface area (Å²) in [5.41, 5.74) is 1.33. The van der Waals surface area contributed by atoms with Crippen molar-refractivity contribution >= 4 is 23.0 Å². The molecule has 0 aliphatic heterocycles. The number of benzene rings is 1. The second-order valence-corrected chi connectivity index (χ2v) is 4.43. The molecule has 0 spiro atoms. The predicted molar refractivity (Wildman–Crippen MR) is 75.9 cm³/mol. The van der Waals surface area contributed by atoms with Crippen LogP contribution in [0.15, 0.2) is 24.4 Å². The minimum absolute atomic E-state index is 0.157. The Kier molecular flexibility index (Phi) is 3.88. The number of rotatable bonds is 5. The van der Waals surface area contributed by atoms with Crippen LogP contribution in [0, 0.1) is 10.1 Å². The number of nitrogens with zero attached hydrogens (tertiary/aromatic N) is 3. The van der Waals surface area contributed by atoms with Crippen LogP contribution in [-0.4, -0.2) is 25.8 Å². The van der Waals surface area contributed by atoms with Crippen LogP contribution in [0.5, 0.6) is 0 Å². The van der Waals surface area contributed by atoms with Gasteiger partial charge in [0, 0.05) is 25.4 Å². The van der Waals surface area contributed by atoms with Crippen LogP contribution in [0.1, 0.15) is 23.0 Å². The second-order valence-electron chi connectivity index (χ2n) is 4.43. The summed E-state index contributed by atoms with van der Waals surface area (Å²) in [7, 11) is 1.76. The van der Waals surface area contributed by atoms with E-state index in [2.05, 4.69) is 10.4 Å². The maximum Gasteiger partial charge on any atom is 0.338 e. The van der Waals surface area contributed by atoms with Crippen molar-refractivity contribution in [3.8, 4) is 0 Å². The highest BCUT2D eigenvalue weighted by Gasteiger charge is 2.17. The van der Waals surface area contributed by atoms with Gasteiger partial charge in [-0.15, -0.1) is 0 Å². The van der Waals surface area contributed by atoms with E-state index in [1.54, 1.807) is 17.9 Å². The second kappa shape index (κ2) is 5.61. The highest BCUT2D eigenvalue weighted by molar-refractivity contribution is 5.96. The Morgan fingerprint density at radius 1 is 1.48 bits per heavy atom. The molecular weight excluding hydrogens is 276 g/mol. The van der Waals surface area contributed by atoms with Crippen LogP contribution in [0.4, 0.5) is 17.1 Å². The Morgan fingerprint density at radius 2 is 2.19 bits per heavy atom. The van der Waals surface area contributed by atoms with Crippen LogP contribution in [0.3, 0.4) is 0 Å². The van der Waals surface area contributed by atoms with Crippen LogP contribution in [-0.2, 0) is 13.5 Å². The summed E-state index contributed by atoms with van der Waals surface area (Å²) in [6.07, 6.45) is 2.41. The number of anilines is 2. The Hall–Kier alpha value is -2.90. The van der Waals surface area contributed by atoms with Crippen molar-refractivity contribution in [2.24, 2.45) is 7.05 Å². The standard InChI is InChI=1S/C13H14N4O4/c1-3-10-12(7-16(2)15-10)14-11-5-4-8(17(20)21)6-9(11)13(18)19/h4-7,14H,3H2,1-2H3,(H,18,19). The summed E-state index contributed by atoms with van der Waals surface area (Å²) in [4.78, 5) is 21.4. The first-order chi connectivity index (χ1) is 9.92. The lowest BCUT2D eigenvalue weighted by Crippen LogP contribution is -2.04. The van der Waals surface area contributed by atoms with Gasteiger partial charge in [-0.05, 0) is 12.5 Å². The number of aromatic carboxylic acids is 1. The number of nitro benzene ring substituents is 1. The molecule has 2 rings (SSSR count). The van der Waals surface area contributed by atoms with E-state index in [1.165, 1.54) is 12.1 Å². The van der Waals surface area contributed by atoms with Crippen LogP contribution >= 0.6 is 0 Å². The Bertz CT molecular complexity index is 708. The zero-order valence-corrected chi connectivity index (χ0v) is 11.5. The normalized spacial score (nSPS) is 10.4. The number of hydrogen-bond donors (Lipinski definition) is 2. The number of nitrogens with one attached hydrogen (secondary N) is 1. The fourth-order valence-corrected chi connectivity index (χ4v) is 1.98. The van der Waals surface area contributed by atoms with E-state index in [0.29, 0.717) is 12.1 Å². The molecule has 0 atom stereocenters. The SMILES string of the molecule is CCc1nn(C)cc1Nc1ccc([N+](=O)[O-])cc1C(=O)O. The molecule has 2 N–H and O–H groups in total. The fraction of sp³-hybridized carbons (Fsp3) is 0.231. The van der Waals surface area contributed by atoms with Crippen molar-refractivity contribution in [1.82, 2.24) is 9.78 Å². The molecule has 0 amide bonds. The van der Waals surface area contributed by atoms with E-state index in [4.69, 9.17) is 0 Å². The van der Waals surface area contributed by atoms with Crippen molar-refractivity contribution in [1.29, 1.82) is 0 Å². The number of carboxylic acid groups (broad SMARTS) is 1. The molecule has 110 valence electrons. The number of hydrogen-bond acceptors (Lipinski definition) is 5. The summed E-state index contributed by atoms with van der Waals surface area (Å²) in [5.74, 6) is -1.23. The smallest absolute Gasteiger partial charge is 0.338 e. The summed E-state index contributed by atoms with van der Waals surface area (Å²) in [5, 5.41) is 27.1. The number of carbonyl (C=O) groups is 1. The molecule has 0 fully saturated rings. The molecule has 0 unspecified atom stereocenters. The maximum atomic E-state index is 11.3. The molecule has 0 aliphatic rings. The fourth-order valence-electron chi connectivity index (χ4n) is 1.98. The van der Waals surface area contributed by atoms with Gasteiger partial charge in [0.1, 0.15) is 0 Å². The maximum absolute atomic E-state index is 11.3. The molecule has 0 saturated heterocycles. The van der Waals surface area contributed by atoms with Gasteiger partial charge in [0.15, 0.2) is 0 Å². The molecule has 0 radical (unpaired) electrons. The number of non-ortho nitro benzene ring substituents is 1. The van der Waals surface area contributed by atoms with E-state index < -0.39 is 10.9 Å². The summed E-state index contributed by atoms with van der Waals surface area (Å²) < 4.78 is 1.62. The third-order valence-electron chi connectivity index (χ3n) is 2.95. The van der Waals surface area contributed by atoms with E-state index in [-0.39, 0.29) is 16.9 Å².